The largest absolute Gasteiger partial charge is 0.343 e. The van der Waals surface area contributed by atoms with Crippen LogP contribution in [0.25, 0.3) is 0 Å². The van der Waals surface area contributed by atoms with Crippen molar-refractivity contribution in [2.45, 2.75) is 78.4 Å². The zero-order valence-corrected chi connectivity index (χ0v) is 20.8. The summed E-state index contributed by atoms with van der Waals surface area (Å²) in [6.07, 6.45) is 6.14. The first-order chi connectivity index (χ1) is 14.4. The van der Waals surface area contributed by atoms with E-state index in [-0.39, 0.29) is 28.9 Å². The first kappa shape index (κ1) is 24.0. The molecule has 5 nitrogen and oxygen atoms in total. The van der Waals surface area contributed by atoms with Crippen LogP contribution in [0.3, 0.4) is 0 Å². The van der Waals surface area contributed by atoms with E-state index in [9.17, 15) is 13.8 Å². The van der Waals surface area contributed by atoms with Crippen molar-refractivity contribution >= 4 is 21.5 Å². The number of aryl methyl sites for hydroxylation is 3. The normalized spacial score (nSPS) is 19.7. The van der Waals surface area contributed by atoms with Crippen molar-refractivity contribution in [3.05, 3.63) is 34.4 Å². The fraction of sp³-hybridized carbons (Fsp3) is 0.680. The highest BCUT2D eigenvalue weighted by Crippen LogP contribution is 2.47. The van der Waals surface area contributed by atoms with Crippen molar-refractivity contribution in [3.8, 4) is 0 Å². The number of benzene rings is 1. The van der Waals surface area contributed by atoms with Crippen LogP contribution in [0.5, 0.6) is 0 Å². The van der Waals surface area contributed by atoms with Gasteiger partial charge in [0, 0.05) is 31.0 Å². The minimum atomic E-state index is -2.64. The van der Waals surface area contributed by atoms with Crippen LogP contribution in [-0.2, 0) is 25.7 Å². The number of amides is 2. The van der Waals surface area contributed by atoms with Gasteiger partial charge in [0.15, 0.2) is 0 Å². The van der Waals surface area contributed by atoms with Gasteiger partial charge in [-0.25, -0.2) is 4.21 Å². The van der Waals surface area contributed by atoms with E-state index in [4.69, 9.17) is 0 Å². The molecule has 2 amide bonds. The lowest BCUT2D eigenvalue weighted by Crippen LogP contribution is -2.43. The number of hydrogen-bond acceptors (Lipinski definition) is 3. The van der Waals surface area contributed by atoms with Crippen molar-refractivity contribution in [2.75, 3.05) is 19.3 Å². The maximum absolute atomic E-state index is 13.3. The van der Waals surface area contributed by atoms with Gasteiger partial charge in [-0.3, -0.25) is 9.59 Å². The minimum absolute atomic E-state index is 0.0697. The molecule has 1 heterocycles. The number of carbonyl (C=O) groups is 2. The lowest BCUT2D eigenvalue weighted by molar-refractivity contribution is -0.134. The van der Waals surface area contributed by atoms with Gasteiger partial charge in [0.05, 0.1) is 16.1 Å². The Bertz CT molecular complexity index is 953. The fourth-order valence-electron chi connectivity index (χ4n) is 5.00. The highest BCUT2D eigenvalue weighted by atomic mass is 32.2. The van der Waals surface area contributed by atoms with E-state index in [0.717, 1.165) is 16.7 Å². The summed E-state index contributed by atoms with van der Waals surface area (Å²) in [6, 6.07) is 4.13. The maximum Gasteiger partial charge on any atom is 0.258 e. The molecular formula is C25H38N2O3S. The van der Waals surface area contributed by atoms with Crippen molar-refractivity contribution < 1.29 is 13.8 Å². The van der Waals surface area contributed by atoms with Gasteiger partial charge in [-0.1, -0.05) is 31.5 Å². The second-order valence-corrected chi connectivity index (χ2v) is 13.0. The molecule has 0 aromatic heterocycles. The summed E-state index contributed by atoms with van der Waals surface area (Å²) in [5.41, 5.74) is 4.37. The molecule has 0 bridgehead atoms. The zero-order valence-electron chi connectivity index (χ0n) is 20.0. The van der Waals surface area contributed by atoms with E-state index in [2.05, 4.69) is 30.3 Å². The van der Waals surface area contributed by atoms with Gasteiger partial charge in [-0.2, -0.15) is 4.36 Å². The second-order valence-electron chi connectivity index (χ2n) is 10.4. The highest BCUT2D eigenvalue weighted by Gasteiger charge is 2.40. The average molecular weight is 447 g/mol. The molecule has 2 fully saturated rings. The molecular weight excluding hydrogens is 408 g/mol. The van der Waals surface area contributed by atoms with Gasteiger partial charge in [-0.05, 0) is 74.5 Å². The Morgan fingerprint density at radius 2 is 1.61 bits per heavy atom. The summed E-state index contributed by atoms with van der Waals surface area (Å²) < 4.78 is 17.5. The van der Waals surface area contributed by atoms with Crippen LogP contribution in [0.4, 0.5) is 0 Å². The third kappa shape index (κ3) is 5.97. The van der Waals surface area contributed by atoms with Crippen molar-refractivity contribution in [1.29, 1.82) is 0 Å². The third-order valence-electron chi connectivity index (χ3n) is 7.15. The van der Waals surface area contributed by atoms with Gasteiger partial charge in [0.1, 0.15) is 0 Å². The molecule has 1 aliphatic heterocycles. The van der Waals surface area contributed by atoms with Crippen LogP contribution in [0, 0.1) is 32.1 Å². The first-order valence-corrected chi connectivity index (χ1v) is 13.5. The summed E-state index contributed by atoms with van der Waals surface area (Å²) in [5, 5.41) is -0.142. The van der Waals surface area contributed by atoms with Gasteiger partial charge >= 0.3 is 0 Å². The predicted octanol–water partition coefficient (Wildman–Crippen LogP) is 4.60. The molecule has 1 aromatic carbocycles. The van der Waals surface area contributed by atoms with E-state index in [1.54, 1.807) is 6.26 Å². The lowest BCUT2D eigenvalue weighted by Gasteiger charge is -2.34. The minimum Gasteiger partial charge on any atom is -0.343 e. The number of nitrogens with zero attached hydrogens (tertiary/aromatic N) is 2. The van der Waals surface area contributed by atoms with Crippen molar-refractivity contribution in [3.63, 3.8) is 0 Å². The molecule has 1 saturated carbocycles. The summed E-state index contributed by atoms with van der Waals surface area (Å²) >= 11 is 0. The SMILES string of the molecule is Cc1cc(C)c(CC(=O)N=S(C)(=O)C2CCN(C(=O)CC(C)(C)C3CC3)CC2)c(C)c1. The second kappa shape index (κ2) is 9.05. The van der Waals surface area contributed by atoms with E-state index in [1.807, 2.05) is 25.7 Å². The highest BCUT2D eigenvalue weighted by molar-refractivity contribution is 7.93. The number of piperidine rings is 1. The summed E-state index contributed by atoms with van der Waals surface area (Å²) in [6.45, 7) is 11.6. The van der Waals surface area contributed by atoms with Gasteiger partial charge in [0.25, 0.3) is 5.91 Å². The van der Waals surface area contributed by atoms with Crippen molar-refractivity contribution in [2.24, 2.45) is 15.7 Å². The molecule has 1 atom stereocenters. The quantitative estimate of drug-likeness (QED) is 0.641. The van der Waals surface area contributed by atoms with Crippen LogP contribution in [0.1, 0.15) is 68.2 Å². The Kier molecular flexibility index (Phi) is 6.99. The Morgan fingerprint density at radius 3 is 2.13 bits per heavy atom. The number of carbonyl (C=O) groups excluding carboxylic acids is 2. The molecule has 31 heavy (non-hydrogen) atoms. The molecule has 1 aliphatic carbocycles. The van der Waals surface area contributed by atoms with Crippen LogP contribution < -0.4 is 0 Å². The summed E-state index contributed by atoms with van der Waals surface area (Å²) in [5.74, 6) is 0.567. The molecule has 1 saturated heterocycles. The number of likely N-dealkylation sites (tertiary alicyclic amines) is 1. The average Bonchev–Trinajstić information content (AvgIpc) is 3.50. The molecule has 0 radical (unpaired) electrons. The van der Waals surface area contributed by atoms with Gasteiger partial charge in [0.2, 0.25) is 5.91 Å². The standard InChI is InChI=1S/C25H38N2O3S/c1-17-13-18(2)22(19(3)14-17)15-23(28)26-31(6,30)21-9-11-27(12-10-21)24(29)16-25(4,5)20-7-8-20/h13-14,20-21H,7-12,15-16H2,1-6H3. The zero-order chi connectivity index (χ0) is 23.0. The number of hydrogen-bond donors (Lipinski definition) is 0. The number of rotatable bonds is 6. The topological polar surface area (TPSA) is 66.8 Å². The Balaban J connectivity index is 1.60. The van der Waals surface area contributed by atoms with Gasteiger partial charge in [-0.15, -0.1) is 0 Å². The van der Waals surface area contributed by atoms with Crippen LogP contribution in [0.2, 0.25) is 0 Å². The monoisotopic (exact) mass is 446 g/mol. The smallest absolute Gasteiger partial charge is 0.258 e. The van der Waals surface area contributed by atoms with E-state index in [1.165, 1.54) is 18.4 Å². The molecule has 1 aromatic rings. The maximum atomic E-state index is 13.3. The van der Waals surface area contributed by atoms with Crippen molar-refractivity contribution in [1.82, 2.24) is 4.90 Å². The predicted molar refractivity (Wildman–Crippen MR) is 127 cm³/mol. The molecule has 172 valence electrons. The first-order valence-electron chi connectivity index (χ1n) is 11.5. The molecule has 2 aliphatic rings. The molecule has 6 heteroatoms. The Morgan fingerprint density at radius 1 is 1.06 bits per heavy atom. The third-order valence-corrected chi connectivity index (χ3v) is 9.43. The van der Waals surface area contributed by atoms with Gasteiger partial charge < -0.3 is 4.90 Å². The van der Waals surface area contributed by atoms with Crippen LogP contribution >= 0.6 is 0 Å². The Hall–Kier alpha value is -1.69. The Labute approximate surface area is 188 Å². The van der Waals surface area contributed by atoms with Crippen LogP contribution in [0.15, 0.2) is 16.5 Å². The van der Waals surface area contributed by atoms with Crippen LogP contribution in [-0.4, -0.2) is 45.5 Å². The summed E-state index contributed by atoms with van der Waals surface area (Å²) in [4.78, 5) is 27.3. The molecule has 3 rings (SSSR count). The lowest BCUT2D eigenvalue weighted by atomic mass is 9.83. The van der Waals surface area contributed by atoms with E-state index < -0.39 is 9.73 Å². The summed E-state index contributed by atoms with van der Waals surface area (Å²) in [7, 11) is -2.64. The van der Waals surface area contributed by atoms with E-state index in [0.29, 0.717) is 38.3 Å². The molecule has 0 N–H and O–H groups in total. The fourth-order valence-corrected chi connectivity index (χ4v) is 6.71. The molecule has 0 spiro atoms. The molecule has 1 unspecified atom stereocenters. The van der Waals surface area contributed by atoms with E-state index >= 15 is 0 Å².